The maximum atomic E-state index is 12.2. The molecule has 110 valence electrons. The Bertz CT molecular complexity index is 509. The lowest BCUT2D eigenvalue weighted by Gasteiger charge is -2.27. The first kappa shape index (κ1) is 14.8. The maximum Gasteiger partial charge on any atom is 0.326 e. The smallest absolute Gasteiger partial charge is 0.326 e. The van der Waals surface area contributed by atoms with E-state index in [9.17, 15) is 14.7 Å². The van der Waals surface area contributed by atoms with E-state index >= 15 is 0 Å². The van der Waals surface area contributed by atoms with E-state index in [-0.39, 0.29) is 5.92 Å². The summed E-state index contributed by atoms with van der Waals surface area (Å²) >= 11 is 1.08. The molecular formula is C13H19N3O3S. The van der Waals surface area contributed by atoms with Gasteiger partial charge in [-0.05, 0) is 25.7 Å². The number of hydrogen-bond acceptors (Lipinski definition) is 5. The Balaban J connectivity index is 2.09. The average molecular weight is 297 g/mol. The Morgan fingerprint density at radius 2 is 2.05 bits per heavy atom. The molecule has 7 heteroatoms. The predicted octanol–water partition coefficient (Wildman–Crippen LogP) is 1.80. The van der Waals surface area contributed by atoms with Crippen LogP contribution < -0.4 is 11.1 Å². The van der Waals surface area contributed by atoms with Crippen LogP contribution in [0.1, 0.15) is 47.5 Å². The number of hydrogen-bond donors (Lipinski definition) is 3. The van der Waals surface area contributed by atoms with Crippen LogP contribution in [0.25, 0.3) is 0 Å². The Hall–Kier alpha value is -1.63. The van der Waals surface area contributed by atoms with E-state index in [2.05, 4.69) is 10.3 Å². The zero-order chi connectivity index (χ0) is 14.7. The van der Waals surface area contributed by atoms with Crippen molar-refractivity contribution in [2.24, 2.45) is 5.92 Å². The molecule has 20 heavy (non-hydrogen) atoms. The first-order valence-electron chi connectivity index (χ1n) is 6.75. The molecule has 0 aliphatic heterocycles. The fraction of sp³-hybridized carbons (Fsp3) is 0.615. The summed E-state index contributed by atoms with van der Waals surface area (Å²) in [5, 5.41) is 12.3. The highest BCUT2D eigenvalue weighted by molar-refractivity contribution is 7.17. The first-order chi connectivity index (χ1) is 9.49. The van der Waals surface area contributed by atoms with Crippen molar-refractivity contribution >= 4 is 28.3 Å². The quantitative estimate of drug-likeness (QED) is 0.786. The summed E-state index contributed by atoms with van der Waals surface area (Å²) in [5.74, 6) is -1.36. The Morgan fingerprint density at radius 3 is 2.55 bits per heavy atom. The van der Waals surface area contributed by atoms with Crippen LogP contribution in [0.5, 0.6) is 0 Å². The van der Waals surface area contributed by atoms with Crippen LogP contribution >= 0.6 is 11.3 Å². The molecule has 1 heterocycles. The lowest BCUT2D eigenvalue weighted by Crippen LogP contribution is -2.46. The van der Waals surface area contributed by atoms with E-state index < -0.39 is 17.9 Å². The lowest BCUT2D eigenvalue weighted by atomic mass is 9.84. The van der Waals surface area contributed by atoms with Crippen molar-refractivity contribution < 1.29 is 14.7 Å². The zero-order valence-electron chi connectivity index (χ0n) is 11.4. The first-order valence-corrected chi connectivity index (χ1v) is 7.57. The molecule has 0 spiro atoms. The van der Waals surface area contributed by atoms with Gasteiger partial charge in [0.1, 0.15) is 10.9 Å². The third kappa shape index (κ3) is 3.27. The van der Waals surface area contributed by atoms with Crippen molar-refractivity contribution in [2.45, 2.75) is 45.1 Å². The molecule has 0 bridgehead atoms. The fourth-order valence-electron chi connectivity index (χ4n) is 2.68. The number of aliphatic carboxylic acids is 1. The second kappa shape index (κ2) is 6.21. The van der Waals surface area contributed by atoms with Gasteiger partial charge in [0.2, 0.25) is 0 Å². The van der Waals surface area contributed by atoms with Gasteiger partial charge in [-0.3, -0.25) is 4.79 Å². The van der Waals surface area contributed by atoms with E-state index in [0.29, 0.717) is 15.7 Å². The van der Waals surface area contributed by atoms with E-state index in [1.54, 1.807) is 6.92 Å². The molecule has 0 aromatic carbocycles. The Kier molecular flexibility index (Phi) is 4.59. The molecule has 4 N–H and O–H groups in total. The van der Waals surface area contributed by atoms with Crippen LogP contribution in [0.4, 0.5) is 5.13 Å². The molecule has 0 radical (unpaired) electrons. The number of nitrogens with one attached hydrogen (secondary N) is 1. The van der Waals surface area contributed by atoms with Crippen LogP contribution in [0, 0.1) is 12.8 Å². The van der Waals surface area contributed by atoms with E-state index in [4.69, 9.17) is 5.73 Å². The second-order valence-corrected chi connectivity index (χ2v) is 6.18. The summed E-state index contributed by atoms with van der Waals surface area (Å²) in [6, 6.07) is -0.828. The van der Waals surface area contributed by atoms with Gasteiger partial charge in [0.05, 0.1) is 5.69 Å². The Morgan fingerprint density at radius 1 is 1.40 bits per heavy atom. The zero-order valence-corrected chi connectivity index (χ0v) is 12.2. The van der Waals surface area contributed by atoms with Gasteiger partial charge >= 0.3 is 5.97 Å². The van der Waals surface area contributed by atoms with Gasteiger partial charge in [-0.15, -0.1) is 0 Å². The van der Waals surface area contributed by atoms with Crippen molar-refractivity contribution in [3.05, 3.63) is 10.6 Å². The summed E-state index contributed by atoms with van der Waals surface area (Å²) in [4.78, 5) is 28.0. The highest BCUT2D eigenvalue weighted by Gasteiger charge is 2.31. The molecule has 1 atom stereocenters. The molecule has 1 amide bonds. The van der Waals surface area contributed by atoms with E-state index in [1.165, 1.54) is 0 Å². The van der Waals surface area contributed by atoms with Gasteiger partial charge in [0, 0.05) is 0 Å². The minimum absolute atomic E-state index is 0.00998. The highest BCUT2D eigenvalue weighted by atomic mass is 32.1. The van der Waals surface area contributed by atoms with Crippen LogP contribution in [0.15, 0.2) is 0 Å². The molecule has 2 rings (SSSR count). The summed E-state index contributed by atoms with van der Waals surface area (Å²) < 4.78 is 0. The molecule has 1 aromatic heterocycles. The number of thiazole rings is 1. The van der Waals surface area contributed by atoms with Gasteiger partial charge in [-0.2, -0.15) is 0 Å². The second-order valence-electron chi connectivity index (χ2n) is 5.15. The molecular weight excluding hydrogens is 278 g/mol. The van der Waals surface area contributed by atoms with Gasteiger partial charge in [0.15, 0.2) is 5.13 Å². The molecule has 1 fully saturated rings. The molecule has 0 saturated heterocycles. The monoisotopic (exact) mass is 297 g/mol. The number of amides is 1. The maximum absolute atomic E-state index is 12.2. The topological polar surface area (TPSA) is 105 Å². The van der Waals surface area contributed by atoms with Crippen molar-refractivity contribution in [3.63, 3.8) is 0 Å². The van der Waals surface area contributed by atoms with Crippen LogP contribution in [0.3, 0.4) is 0 Å². The van der Waals surface area contributed by atoms with Crippen molar-refractivity contribution in [3.8, 4) is 0 Å². The average Bonchev–Trinajstić information content (AvgIpc) is 2.75. The lowest BCUT2D eigenvalue weighted by molar-refractivity contribution is -0.141. The summed E-state index contributed by atoms with van der Waals surface area (Å²) in [6.07, 6.45) is 4.89. The Labute approximate surface area is 121 Å². The van der Waals surface area contributed by atoms with Crippen LogP contribution in [-0.2, 0) is 4.79 Å². The molecule has 1 aliphatic carbocycles. The van der Waals surface area contributed by atoms with Gasteiger partial charge in [0.25, 0.3) is 5.91 Å². The standard InChI is InChI=1S/C13H19N3O3S/c1-7-10(20-13(14)15-7)11(17)16-9(12(18)19)8-5-3-2-4-6-8/h8-9H,2-6H2,1H3,(H2,14,15)(H,16,17)(H,18,19). The van der Waals surface area contributed by atoms with Gasteiger partial charge in [-0.1, -0.05) is 30.6 Å². The number of carbonyl (C=O) groups is 2. The number of aromatic nitrogens is 1. The van der Waals surface area contributed by atoms with Gasteiger partial charge < -0.3 is 16.2 Å². The van der Waals surface area contributed by atoms with Gasteiger partial charge in [-0.25, -0.2) is 9.78 Å². The number of aryl methyl sites for hydroxylation is 1. The normalized spacial score (nSPS) is 17.6. The third-order valence-corrected chi connectivity index (χ3v) is 4.68. The van der Waals surface area contributed by atoms with E-state index in [1.807, 2.05) is 0 Å². The number of nitrogen functional groups attached to an aromatic ring is 1. The number of carboxylic acid groups (broad SMARTS) is 1. The molecule has 1 unspecified atom stereocenters. The summed E-state index contributed by atoms with van der Waals surface area (Å²) in [7, 11) is 0. The molecule has 1 aromatic rings. The number of rotatable bonds is 4. The van der Waals surface area contributed by atoms with E-state index in [0.717, 1.165) is 43.4 Å². The summed E-state index contributed by atoms with van der Waals surface area (Å²) in [6.45, 7) is 1.69. The number of carboxylic acids is 1. The third-order valence-electron chi connectivity index (χ3n) is 3.69. The number of nitrogens with two attached hydrogens (primary N) is 1. The molecule has 1 saturated carbocycles. The van der Waals surface area contributed by atoms with Crippen LogP contribution in [0.2, 0.25) is 0 Å². The summed E-state index contributed by atoms with van der Waals surface area (Å²) in [5.41, 5.74) is 6.10. The number of nitrogens with zero attached hydrogens (tertiary/aromatic N) is 1. The largest absolute Gasteiger partial charge is 0.480 e. The SMILES string of the molecule is Cc1nc(N)sc1C(=O)NC(C(=O)O)C1CCCCC1. The minimum atomic E-state index is -0.972. The van der Waals surface area contributed by atoms with Crippen molar-refractivity contribution in [2.75, 3.05) is 5.73 Å². The minimum Gasteiger partial charge on any atom is -0.480 e. The fourth-order valence-corrected chi connectivity index (χ4v) is 3.42. The van der Waals surface area contributed by atoms with Crippen molar-refractivity contribution in [1.82, 2.24) is 10.3 Å². The molecule has 1 aliphatic rings. The van der Waals surface area contributed by atoms with Crippen LogP contribution in [-0.4, -0.2) is 28.0 Å². The van der Waals surface area contributed by atoms with Crippen molar-refractivity contribution in [1.29, 1.82) is 0 Å². The highest BCUT2D eigenvalue weighted by Crippen LogP contribution is 2.27. The number of anilines is 1. The number of carbonyl (C=O) groups excluding carboxylic acids is 1. The predicted molar refractivity (Wildman–Crippen MR) is 76.7 cm³/mol. The molecule has 6 nitrogen and oxygen atoms in total.